The molecule has 0 spiro atoms. The number of hydrogen-bond donors (Lipinski definition) is 2. The number of nitrogens with zero attached hydrogens (tertiary/aromatic N) is 3. The highest BCUT2D eigenvalue weighted by Crippen LogP contribution is 2.23. The molecule has 0 saturated heterocycles. The van der Waals surface area contributed by atoms with Crippen LogP contribution in [0.25, 0.3) is 0 Å². The van der Waals surface area contributed by atoms with Gasteiger partial charge in [0.2, 0.25) is 5.91 Å². The molecule has 2 heterocycles. The van der Waals surface area contributed by atoms with Crippen molar-refractivity contribution >= 4 is 5.91 Å². The molecule has 3 N–H and O–H groups in total. The molecule has 6 nitrogen and oxygen atoms in total. The van der Waals surface area contributed by atoms with Gasteiger partial charge in [-0.2, -0.15) is 0 Å². The SMILES string of the molecule is NC1CCCC(C(=O)NCc2nnc3n2CCCCC3)C1. The first-order chi connectivity index (χ1) is 10.2. The molecular formula is C15H25N5O. The molecule has 0 radical (unpaired) electrons. The third kappa shape index (κ3) is 3.43. The molecule has 21 heavy (non-hydrogen) atoms. The van der Waals surface area contributed by atoms with E-state index >= 15 is 0 Å². The number of nitrogens with one attached hydrogen (secondary N) is 1. The fourth-order valence-electron chi connectivity index (χ4n) is 3.45. The van der Waals surface area contributed by atoms with Crippen LogP contribution in [0.2, 0.25) is 0 Å². The zero-order valence-electron chi connectivity index (χ0n) is 12.6. The number of amides is 1. The largest absolute Gasteiger partial charge is 0.349 e. The molecule has 6 heteroatoms. The van der Waals surface area contributed by atoms with Crippen molar-refractivity contribution in [3.8, 4) is 0 Å². The molecule has 1 fully saturated rings. The van der Waals surface area contributed by atoms with Gasteiger partial charge in [0.1, 0.15) is 5.82 Å². The number of carbonyl (C=O) groups excluding carboxylic acids is 1. The van der Waals surface area contributed by atoms with Crippen molar-refractivity contribution in [2.75, 3.05) is 0 Å². The van der Waals surface area contributed by atoms with Crippen molar-refractivity contribution in [1.82, 2.24) is 20.1 Å². The van der Waals surface area contributed by atoms with Crippen molar-refractivity contribution in [3.63, 3.8) is 0 Å². The van der Waals surface area contributed by atoms with Crippen molar-refractivity contribution in [3.05, 3.63) is 11.6 Å². The molecule has 1 aliphatic carbocycles. The molecule has 1 aromatic heterocycles. The Morgan fingerprint density at radius 3 is 3.00 bits per heavy atom. The summed E-state index contributed by atoms with van der Waals surface area (Å²) in [7, 11) is 0. The van der Waals surface area contributed by atoms with Gasteiger partial charge in [-0.25, -0.2) is 0 Å². The van der Waals surface area contributed by atoms with E-state index in [4.69, 9.17) is 5.73 Å². The number of aromatic nitrogens is 3. The van der Waals surface area contributed by atoms with E-state index in [1.165, 1.54) is 19.3 Å². The summed E-state index contributed by atoms with van der Waals surface area (Å²) in [5, 5.41) is 11.5. The summed E-state index contributed by atoms with van der Waals surface area (Å²) >= 11 is 0. The maximum absolute atomic E-state index is 12.3. The standard InChI is InChI=1S/C15H25N5O/c16-12-6-4-5-11(9-12)15(21)17-10-14-19-18-13-7-2-1-3-8-20(13)14/h11-12H,1-10,16H2,(H,17,21). The first kappa shape index (κ1) is 14.5. The van der Waals surface area contributed by atoms with Gasteiger partial charge in [0.05, 0.1) is 6.54 Å². The van der Waals surface area contributed by atoms with Gasteiger partial charge in [-0.3, -0.25) is 4.79 Å². The van der Waals surface area contributed by atoms with E-state index in [0.717, 1.165) is 50.3 Å². The molecule has 2 aliphatic rings. The van der Waals surface area contributed by atoms with Crippen LogP contribution in [0.5, 0.6) is 0 Å². The first-order valence-corrected chi connectivity index (χ1v) is 8.18. The Hall–Kier alpha value is -1.43. The zero-order chi connectivity index (χ0) is 14.7. The Labute approximate surface area is 125 Å². The second-order valence-electron chi connectivity index (χ2n) is 6.34. The van der Waals surface area contributed by atoms with Gasteiger partial charge in [0, 0.05) is 24.9 Å². The van der Waals surface area contributed by atoms with Crippen molar-refractivity contribution < 1.29 is 4.79 Å². The van der Waals surface area contributed by atoms with Crippen LogP contribution in [0.4, 0.5) is 0 Å². The number of hydrogen-bond acceptors (Lipinski definition) is 4. The Bertz CT molecular complexity index is 498. The lowest BCUT2D eigenvalue weighted by molar-refractivity contribution is -0.126. The zero-order valence-corrected chi connectivity index (χ0v) is 12.6. The molecular weight excluding hydrogens is 266 g/mol. The van der Waals surface area contributed by atoms with Crippen LogP contribution in [0.1, 0.15) is 56.6 Å². The fourth-order valence-corrected chi connectivity index (χ4v) is 3.45. The first-order valence-electron chi connectivity index (χ1n) is 8.18. The highest BCUT2D eigenvalue weighted by atomic mass is 16.1. The van der Waals surface area contributed by atoms with Crippen LogP contribution in [-0.2, 0) is 24.3 Å². The van der Waals surface area contributed by atoms with E-state index in [0.29, 0.717) is 6.54 Å². The van der Waals surface area contributed by atoms with E-state index < -0.39 is 0 Å². The summed E-state index contributed by atoms with van der Waals surface area (Å²) < 4.78 is 2.18. The smallest absolute Gasteiger partial charge is 0.223 e. The third-order valence-electron chi connectivity index (χ3n) is 4.69. The minimum Gasteiger partial charge on any atom is -0.349 e. The van der Waals surface area contributed by atoms with Crippen LogP contribution in [-0.4, -0.2) is 26.7 Å². The van der Waals surface area contributed by atoms with Crippen LogP contribution < -0.4 is 11.1 Å². The molecule has 2 atom stereocenters. The van der Waals surface area contributed by atoms with Crippen LogP contribution in [0, 0.1) is 5.92 Å². The highest BCUT2D eigenvalue weighted by molar-refractivity contribution is 5.78. The molecule has 116 valence electrons. The summed E-state index contributed by atoms with van der Waals surface area (Å²) in [5.41, 5.74) is 5.96. The van der Waals surface area contributed by atoms with E-state index in [9.17, 15) is 4.79 Å². The van der Waals surface area contributed by atoms with E-state index in [1.54, 1.807) is 0 Å². The quantitative estimate of drug-likeness (QED) is 0.874. The lowest BCUT2D eigenvalue weighted by Crippen LogP contribution is -2.37. The number of fused-ring (bicyclic) bond motifs is 1. The van der Waals surface area contributed by atoms with Crippen molar-refractivity contribution in [2.45, 2.75) is 70.5 Å². The fraction of sp³-hybridized carbons (Fsp3) is 0.800. The molecule has 1 amide bonds. The molecule has 1 saturated carbocycles. The Morgan fingerprint density at radius 1 is 1.24 bits per heavy atom. The number of carbonyl (C=O) groups is 1. The van der Waals surface area contributed by atoms with Gasteiger partial charge in [0.15, 0.2) is 5.82 Å². The second-order valence-corrected chi connectivity index (χ2v) is 6.34. The summed E-state index contributed by atoms with van der Waals surface area (Å²) in [4.78, 5) is 12.3. The number of aryl methyl sites for hydroxylation is 1. The number of rotatable bonds is 3. The summed E-state index contributed by atoms with van der Waals surface area (Å²) in [6.07, 6.45) is 8.46. The molecule has 1 aliphatic heterocycles. The minimum absolute atomic E-state index is 0.0697. The van der Waals surface area contributed by atoms with E-state index in [2.05, 4.69) is 20.1 Å². The van der Waals surface area contributed by atoms with Gasteiger partial charge >= 0.3 is 0 Å². The van der Waals surface area contributed by atoms with E-state index in [-0.39, 0.29) is 17.9 Å². The normalized spacial score (nSPS) is 26.0. The highest BCUT2D eigenvalue weighted by Gasteiger charge is 2.25. The van der Waals surface area contributed by atoms with Crippen LogP contribution in [0.15, 0.2) is 0 Å². The summed E-state index contributed by atoms with van der Waals surface area (Å²) in [5.74, 6) is 2.15. The third-order valence-corrected chi connectivity index (χ3v) is 4.69. The van der Waals surface area contributed by atoms with Gasteiger partial charge in [-0.05, 0) is 32.1 Å². The average molecular weight is 291 g/mol. The van der Waals surface area contributed by atoms with Crippen LogP contribution >= 0.6 is 0 Å². The van der Waals surface area contributed by atoms with Crippen molar-refractivity contribution in [1.29, 1.82) is 0 Å². The Morgan fingerprint density at radius 2 is 2.14 bits per heavy atom. The van der Waals surface area contributed by atoms with Crippen molar-refractivity contribution in [2.24, 2.45) is 11.7 Å². The van der Waals surface area contributed by atoms with Gasteiger partial charge in [-0.1, -0.05) is 12.8 Å². The lowest BCUT2D eigenvalue weighted by Gasteiger charge is -2.25. The Kier molecular flexibility index (Phi) is 4.53. The minimum atomic E-state index is 0.0697. The molecule has 0 bridgehead atoms. The molecule has 1 aromatic rings. The lowest BCUT2D eigenvalue weighted by atomic mass is 9.85. The number of nitrogens with two attached hydrogens (primary N) is 1. The monoisotopic (exact) mass is 291 g/mol. The topological polar surface area (TPSA) is 85.8 Å². The average Bonchev–Trinajstić information content (AvgIpc) is 2.72. The van der Waals surface area contributed by atoms with E-state index in [1.807, 2.05) is 0 Å². The van der Waals surface area contributed by atoms with Gasteiger partial charge < -0.3 is 15.6 Å². The second kappa shape index (κ2) is 6.56. The Balaban J connectivity index is 1.57. The maximum atomic E-state index is 12.3. The summed E-state index contributed by atoms with van der Waals surface area (Å²) in [6.45, 7) is 1.46. The molecule has 2 unspecified atom stereocenters. The van der Waals surface area contributed by atoms with Crippen LogP contribution in [0.3, 0.4) is 0 Å². The van der Waals surface area contributed by atoms with Gasteiger partial charge in [-0.15, -0.1) is 10.2 Å². The predicted octanol–water partition coefficient (Wildman–Crippen LogP) is 1.14. The molecule has 0 aromatic carbocycles. The molecule has 3 rings (SSSR count). The maximum Gasteiger partial charge on any atom is 0.223 e. The summed E-state index contributed by atoms with van der Waals surface area (Å²) in [6, 6.07) is 0.180. The predicted molar refractivity (Wildman–Crippen MR) is 79.4 cm³/mol. The van der Waals surface area contributed by atoms with Gasteiger partial charge in [0.25, 0.3) is 0 Å².